The van der Waals surface area contributed by atoms with Crippen LogP contribution in [0, 0.1) is 5.41 Å². The van der Waals surface area contributed by atoms with Crippen LogP contribution in [0.25, 0.3) is 0 Å². The Kier molecular flexibility index (Phi) is 4.70. The molecule has 3 heteroatoms. The smallest absolute Gasteiger partial charge is 0.0332 e. The number of rotatable bonds is 3. The zero-order valence-corrected chi connectivity index (χ0v) is 13.8. The van der Waals surface area contributed by atoms with Gasteiger partial charge in [-0.25, -0.2) is 0 Å². The fourth-order valence-corrected chi connectivity index (χ4v) is 3.60. The third-order valence-corrected chi connectivity index (χ3v) is 5.38. The molecule has 0 radical (unpaired) electrons. The summed E-state index contributed by atoms with van der Waals surface area (Å²) in [4.78, 5) is 5.65. The molecule has 1 N–H and O–H groups in total. The summed E-state index contributed by atoms with van der Waals surface area (Å²) in [5.41, 5.74) is 0.336. The van der Waals surface area contributed by atoms with Gasteiger partial charge in [-0.2, -0.15) is 0 Å². The van der Waals surface area contributed by atoms with Crippen LogP contribution in [0.5, 0.6) is 0 Å². The molecule has 0 aliphatic carbocycles. The van der Waals surface area contributed by atoms with E-state index in [0.29, 0.717) is 17.5 Å². The van der Waals surface area contributed by atoms with Crippen molar-refractivity contribution >= 4 is 11.3 Å². The minimum atomic E-state index is 0.336. The molecular formula is C16H28N2S. The number of nitrogens with zero attached hydrogens (tertiary/aromatic N) is 1. The number of nitrogens with one attached hydrogen (secondary N) is 1. The quantitative estimate of drug-likeness (QED) is 0.911. The van der Waals surface area contributed by atoms with E-state index in [1.54, 1.807) is 0 Å². The van der Waals surface area contributed by atoms with Gasteiger partial charge in [-0.15, -0.1) is 11.3 Å². The number of hydrogen-bond donors (Lipinski definition) is 1. The minimum Gasteiger partial charge on any atom is -0.311 e. The van der Waals surface area contributed by atoms with E-state index in [4.69, 9.17) is 0 Å². The van der Waals surface area contributed by atoms with Crippen molar-refractivity contribution in [1.29, 1.82) is 0 Å². The molecule has 0 saturated carbocycles. The second-order valence-electron chi connectivity index (χ2n) is 6.83. The molecule has 2 heterocycles. The van der Waals surface area contributed by atoms with E-state index in [1.165, 1.54) is 9.75 Å². The second kappa shape index (κ2) is 5.94. The van der Waals surface area contributed by atoms with Crippen LogP contribution >= 0.6 is 11.3 Å². The summed E-state index contributed by atoms with van der Waals surface area (Å²) in [5, 5.41) is 3.70. The third-order valence-electron chi connectivity index (χ3n) is 4.17. The van der Waals surface area contributed by atoms with Crippen molar-refractivity contribution in [2.45, 2.75) is 59.7 Å². The highest BCUT2D eigenvalue weighted by Crippen LogP contribution is 2.26. The molecule has 1 aromatic heterocycles. The van der Waals surface area contributed by atoms with Crippen molar-refractivity contribution in [2.75, 3.05) is 13.1 Å². The highest BCUT2D eigenvalue weighted by atomic mass is 32.1. The molecular weight excluding hydrogens is 252 g/mol. The van der Waals surface area contributed by atoms with Gasteiger partial charge in [0.05, 0.1) is 0 Å². The van der Waals surface area contributed by atoms with E-state index in [1.807, 2.05) is 11.3 Å². The molecule has 1 aliphatic rings. The molecule has 1 aromatic rings. The highest BCUT2D eigenvalue weighted by Gasteiger charge is 2.32. The number of hydrogen-bond acceptors (Lipinski definition) is 3. The molecule has 19 heavy (non-hydrogen) atoms. The second-order valence-corrected chi connectivity index (χ2v) is 8.08. The predicted molar refractivity (Wildman–Crippen MR) is 84.8 cm³/mol. The lowest BCUT2D eigenvalue weighted by Gasteiger charge is -2.43. The van der Waals surface area contributed by atoms with Gasteiger partial charge in [0.1, 0.15) is 0 Å². The molecule has 2 atom stereocenters. The number of piperazine rings is 1. The van der Waals surface area contributed by atoms with Crippen molar-refractivity contribution < 1.29 is 0 Å². The van der Waals surface area contributed by atoms with Crippen molar-refractivity contribution in [3.63, 3.8) is 0 Å². The molecule has 2 nitrogen and oxygen atoms in total. The predicted octanol–water partition coefficient (Wildman–Crippen LogP) is 3.52. The van der Waals surface area contributed by atoms with Crippen molar-refractivity contribution in [3.05, 3.63) is 21.9 Å². The van der Waals surface area contributed by atoms with Gasteiger partial charge in [0.25, 0.3) is 0 Å². The van der Waals surface area contributed by atoms with Gasteiger partial charge >= 0.3 is 0 Å². The molecule has 1 fully saturated rings. The highest BCUT2D eigenvalue weighted by molar-refractivity contribution is 7.11. The van der Waals surface area contributed by atoms with E-state index in [-0.39, 0.29) is 0 Å². The first-order valence-electron chi connectivity index (χ1n) is 7.45. The zero-order chi connectivity index (χ0) is 14.0. The fraction of sp³-hybridized carbons (Fsp3) is 0.750. The fourth-order valence-electron chi connectivity index (χ4n) is 2.62. The Morgan fingerprint density at radius 2 is 2.00 bits per heavy atom. The molecule has 2 unspecified atom stereocenters. The average Bonchev–Trinajstić information content (AvgIpc) is 2.78. The lowest BCUT2D eigenvalue weighted by Crippen LogP contribution is -2.59. The lowest BCUT2D eigenvalue weighted by atomic mass is 9.85. The van der Waals surface area contributed by atoms with Gasteiger partial charge in [-0.1, -0.05) is 27.7 Å². The first-order valence-corrected chi connectivity index (χ1v) is 8.27. The van der Waals surface area contributed by atoms with Crippen LogP contribution in [0.2, 0.25) is 0 Å². The van der Waals surface area contributed by atoms with Crippen molar-refractivity contribution in [3.8, 4) is 0 Å². The normalized spacial score (nSPS) is 25.7. The van der Waals surface area contributed by atoms with Crippen molar-refractivity contribution in [2.24, 2.45) is 5.41 Å². The van der Waals surface area contributed by atoms with Crippen molar-refractivity contribution in [1.82, 2.24) is 10.2 Å². The largest absolute Gasteiger partial charge is 0.311 e. The molecule has 1 aliphatic heterocycles. The SMILES string of the molecule is CCc1ccc(CN2CC(C(C)(C)C)NCC2C)s1. The van der Waals surface area contributed by atoms with Gasteiger partial charge < -0.3 is 5.32 Å². The van der Waals surface area contributed by atoms with E-state index >= 15 is 0 Å². The summed E-state index contributed by atoms with van der Waals surface area (Å²) < 4.78 is 0. The molecule has 1 saturated heterocycles. The number of thiophene rings is 1. The van der Waals surface area contributed by atoms with Crippen LogP contribution < -0.4 is 5.32 Å². The Morgan fingerprint density at radius 1 is 1.32 bits per heavy atom. The summed E-state index contributed by atoms with van der Waals surface area (Å²) in [5.74, 6) is 0. The van der Waals surface area contributed by atoms with Gasteiger partial charge in [0, 0.05) is 41.5 Å². The van der Waals surface area contributed by atoms with E-state index in [0.717, 1.165) is 26.1 Å². The van der Waals surface area contributed by atoms with Crippen LogP contribution in [0.4, 0.5) is 0 Å². The van der Waals surface area contributed by atoms with Crippen LogP contribution in [0.1, 0.15) is 44.4 Å². The van der Waals surface area contributed by atoms with E-state index < -0.39 is 0 Å². The van der Waals surface area contributed by atoms with E-state index in [9.17, 15) is 0 Å². The van der Waals surface area contributed by atoms with Gasteiger partial charge in [-0.05, 0) is 30.9 Å². The Hall–Kier alpha value is -0.380. The first kappa shape index (κ1) is 15.0. The Bertz CT molecular complexity index is 405. The van der Waals surface area contributed by atoms with Crippen LogP contribution in [-0.4, -0.2) is 30.1 Å². The summed E-state index contributed by atoms with van der Waals surface area (Å²) in [6, 6.07) is 5.82. The topological polar surface area (TPSA) is 15.3 Å². The van der Waals surface area contributed by atoms with Crippen LogP contribution in [-0.2, 0) is 13.0 Å². The molecule has 2 rings (SSSR count). The molecule has 0 bridgehead atoms. The Balaban J connectivity index is 2.01. The summed E-state index contributed by atoms with van der Waals surface area (Å²) in [6.45, 7) is 14.9. The van der Waals surface area contributed by atoms with Gasteiger partial charge in [0.15, 0.2) is 0 Å². The van der Waals surface area contributed by atoms with Crippen LogP contribution in [0.3, 0.4) is 0 Å². The standard InChI is InChI=1S/C16H28N2S/c1-6-13-7-8-14(19-13)10-18-11-15(16(3,4)5)17-9-12(18)2/h7-8,12,15,17H,6,9-11H2,1-5H3. The number of aryl methyl sites for hydroxylation is 1. The maximum Gasteiger partial charge on any atom is 0.0332 e. The van der Waals surface area contributed by atoms with Gasteiger partial charge in [0.2, 0.25) is 0 Å². The minimum absolute atomic E-state index is 0.336. The summed E-state index contributed by atoms with van der Waals surface area (Å²) >= 11 is 1.98. The Morgan fingerprint density at radius 3 is 2.58 bits per heavy atom. The monoisotopic (exact) mass is 280 g/mol. The zero-order valence-electron chi connectivity index (χ0n) is 13.0. The lowest BCUT2D eigenvalue weighted by molar-refractivity contribution is 0.0886. The molecule has 0 amide bonds. The molecule has 0 spiro atoms. The maximum atomic E-state index is 3.70. The third kappa shape index (κ3) is 3.80. The molecule has 0 aromatic carbocycles. The first-order chi connectivity index (χ1) is 8.90. The summed E-state index contributed by atoms with van der Waals surface area (Å²) in [7, 11) is 0. The molecule has 108 valence electrons. The summed E-state index contributed by atoms with van der Waals surface area (Å²) in [6.07, 6.45) is 1.16. The Labute approximate surface area is 122 Å². The maximum absolute atomic E-state index is 3.70. The average molecular weight is 280 g/mol. The van der Waals surface area contributed by atoms with Gasteiger partial charge in [-0.3, -0.25) is 4.90 Å². The van der Waals surface area contributed by atoms with Crippen LogP contribution in [0.15, 0.2) is 12.1 Å². The van der Waals surface area contributed by atoms with E-state index in [2.05, 4.69) is 57.0 Å².